The fraction of sp³-hybridized carbons (Fsp3) is 0.0714. The molecule has 2 aromatic rings. The summed E-state index contributed by atoms with van der Waals surface area (Å²) in [6.07, 6.45) is 0.662. The highest BCUT2D eigenvalue weighted by Gasteiger charge is 2.10. The van der Waals surface area contributed by atoms with Gasteiger partial charge in [0.2, 0.25) is 0 Å². The molecule has 98 valence electrons. The molecule has 0 heterocycles. The lowest BCUT2D eigenvalue weighted by molar-refractivity contribution is 0.111. The van der Waals surface area contributed by atoms with Crippen LogP contribution in [0, 0.1) is 0 Å². The number of hydrogen-bond donors (Lipinski definition) is 0. The van der Waals surface area contributed by atoms with Crippen molar-refractivity contribution in [1.29, 1.82) is 0 Å². The molecule has 0 radical (unpaired) electrons. The summed E-state index contributed by atoms with van der Waals surface area (Å²) in [7, 11) is 0. The second-order valence-corrected chi connectivity index (χ2v) is 5.12. The molecule has 2 rings (SSSR count). The van der Waals surface area contributed by atoms with Gasteiger partial charge in [0.1, 0.15) is 12.4 Å². The van der Waals surface area contributed by atoms with Gasteiger partial charge in [-0.15, -0.1) is 0 Å². The Bertz CT molecular complexity index is 594. The number of hydrogen-bond acceptors (Lipinski definition) is 2. The first-order valence-electron chi connectivity index (χ1n) is 5.41. The van der Waals surface area contributed by atoms with Crippen LogP contribution in [0.15, 0.2) is 36.4 Å². The van der Waals surface area contributed by atoms with Gasteiger partial charge in [0, 0.05) is 10.0 Å². The van der Waals surface area contributed by atoms with E-state index in [0.717, 1.165) is 5.56 Å². The van der Waals surface area contributed by atoms with E-state index < -0.39 is 0 Å². The van der Waals surface area contributed by atoms with Crippen molar-refractivity contribution in [2.45, 2.75) is 6.61 Å². The van der Waals surface area contributed by atoms with Crippen molar-refractivity contribution in [3.8, 4) is 5.75 Å². The molecule has 0 aromatic heterocycles. The zero-order valence-electron chi connectivity index (χ0n) is 9.70. The zero-order valence-corrected chi connectivity index (χ0v) is 12.0. The van der Waals surface area contributed by atoms with Crippen LogP contribution >= 0.6 is 34.8 Å². The minimum atomic E-state index is 0.291. The lowest BCUT2D eigenvalue weighted by atomic mass is 10.2. The number of carbonyl (C=O) groups excluding carboxylic acids is 1. The molecule has 0 fully saturated rings. The summed E-state index contributed by atoms with van der Waals surface area (Å²) in [6, 6.07) is 10.3. The van der Waals surface area contributed by atoms with E-state index in [9.17, 15) is 4.79 Å². The van der Waals surface area contributed by atoms with Gasteiger partial charge in [-0.2, -0.15) is 0 Å². The predicted molar refractivity (Wildman–Crippen MR) is 77.6 cm³/mol. The third-order valence-electron chi connectivity index (χ3n) is 2.46. The van der Waals surface area contributed by atoms with Gasteiger partial charge in [0.05, 0.1) is 10.6 Å². The Hall–Kier alpha value is -1.22. The van der Waals surface area contributed by atoms with Crippen LogP contribution in [0.25, 0.3) is 0 Å². The van der Waals surface area contributed by atoms with Crippen LogP contribution in [0.3, 0.4) is 0 Å². The lowest BCUT2D eigenvalue weighted by Gasteiger charge is -2.11. The Labute approximate surface area is 125 Å². The number of carbonyl (C=O) groups is 1. The summed E-state index contributed by atoms with van der Waals surface area (Å²) in [4.78, 5) is 11.0. The minimum Gasteiger partial charge on any atom is -0.487 e. The first kappa shape index (κ1) is 14.2. The molecule has 2 aromatic carbocycles. The van der Waals surface area contributed by atoms with Gasteiger partial charge in [0.25, 0.3) is 0 Å². The summed E-state index contributed by atoms with van der Waals surface area (Å²) in [6.45, 7) is 0.291. The third kappa shape index (κ3) is 3.63. The Morgan fingerprint density at radius 2 is 1.68 bits per heavy atom. The average molecular weight is 316 g/mol. The molecule has 0 spiro atoms. The van der Waals surface area contributed by atoms with E-state index in [4.69, 9.17) is 39.5 Å². The van der Waals surface area contributed by atoms with Crippen LogP contribution in [-0.2, 0) is 6.61 Å². The highest BCUT2D eigenvalue weighted by Crippen LogP contribution is 2.32. The third-order valence-corrected chi connectivity index (χ3v) is 3.21. The van der Waals surface area contributed by atoms with Crippen molar-refractivity contribution < 1.29 is 9.53 Å². The normalized spacial score (nSPS) is 10.3. The number of ether oxygens (including phenoxy) is 1. The number of benzene rings is 2. The van der Waals surface area contributed by atoms with Gasteiger partial charge in [-0.25, -0.2) is 0 Å². The minimum absolute atomic E-state index is 0.291. The van der Waals surface area contributed by atoms with Crippen molar-refractivity contribution in [3.05, 3.63) is 62.6 Å². The molecular formula is C14H9Cl3O2. The maximum absolute atomic E-state index is 11.0. The number of halogens is 3. The maximum Gasteiger partial charge on any atom is 0.153 e. The van der Waals surface area contributed by atoms with Crippen LogP contribution in [0.4, 0.5) is 0 Å². The molecule has 0 aliphatic carbocycles. The van der Waals surface area contributed by atoms with Crippen LogP contribution < -0.4 is 4.74 Å². The SMILES string of the molecule is O=Cc1cc(Cl)cc(Cl)c1OCc1ccc(Cl)cc1. The van der Waals surface area contributed by atoms with Crippen LogP contribution in [0.1, 0.15) is 15.9 Å². The van der Waals surface area contributed by atoms with Crippen LogP contribution in [-0.4, -0.2) is 6.29 Å². The molecule has 0 saturated carbocycles. The van der Waals surface area contributed by atoms with Crippen molar-refractivity contribution in [2.24, 2.45) is 0 Å². The topological polar surface area (TPSA) is 26.3 Å². The molecule has 2 nitrogen and oxygen atoms in total. The van der Waals surface area contributed by atoms with Crippen molar-refractivity contribution in [1.82, 2.24) is 0 Å². The molecule has 0 aliphatic heterocycles. The molecular weight excluding hydrogens is 307 g/mol. The Morgan fingerprint density at radius 1 is 1.00 bits per heavy atom. The Morgan fingerprint density at radius 3 is 2.32 bits per heavy atom. The summed E-state index contributed by atoms with van der Waals surface area (Å²) >= 11 is 17.6. The van der Waals surface area contributed by atoms with Gasteiger partial charge < -0.3 is 4.74 Å². The van der Waals surface area contributed by atoms with Gasteiger partial charge in [-0.1, -0.05) is 46.9 Å². The lowest BCUT2D eigenvalue weighted by Crippen LogP contribution is -1.99. The molecule has 19 heavy (non-hydrogen) atoms. The Kier molecular flexibility index (Phi) is 4.70. The molecule has 0 aliphatic rings. The molecule has 0 N–H and O–H groups in total. The smallest absolute Gasteiger partial charge is 0.153 e. The summed E-state index contributed by atoms with van der Waals surface area (Å²) in [5, 5.41) is 1.36. The van der Waals surface area contributed by atoms with E-state index in [1.54, 1.807) is 12.1 Å². The second kappa shape index (κ2) is 6.29. The van der Waals surface area contributed by atoms with E-state index in [-0.39, 0.29) is 0 Å². The molecule has 0 atom stereocenters. The van der Waals surface area contributed by atoms with Crippen molar-refractivity contribution in [2.75, 3.05) is 0 Å². The highest BCUT2D eigenvalue weighted by atomic mass is 35.5. The van der Waals surface area contributed by atoms with E-state index in [1.165, 1.54) is 12.1 Å². The number of rotatable bonds is 4. The maximum atomic E-state index is 11.0. The number of aldehydes is 1. The van der Waals surface area contributed by atoms with E-state index >= 15 is 0 Å². The second-order valence-electron chi connectivity index (χ2n) is 3.84. The first-order valence-corrected chi connectivity index (χ1v) is 6.55. The zero-order chi connectivity index (χ0) is 13.8. The molecule has 0 bridgehead atoms. The molecule has 5 heteroatoms. The highest BCUT2D eigenvalue weighted by molar-refractivity contribution is 6.36. The van der Waals surface area contributed by atoms with Gasteiger partial charge in [-0.05, 0) is 29.8 Å². The molecule has 0 saturated heterocycles. The first-order chi connectivity index (χ1) is 9.10. The Balaban J connectivity index is 2.19. The summed E-state index contributed by atoms with van der Waals surface area (Å²) < 4.78 is 5.57. The quantitative estimate of drug-likeness (QED) is 0.739. The van der Waals surface area contributed by atoms with Gasteiger partial charge in [-0.3, -0.25) is 4.79 Å². The van der Waals surface area contributed by atoms with Crippen LogP contribution in [0.5, 0.6) is 5.75 Å². The van der Waals surface area contributed by atoms with E-state index in [1.807, 2.05) is 12.1 Å². The van der Waals surface area contributed by atoms with Crippen LogP contribution in [0.2, 0.25) is 15.1 Å². The van der Waals surface area contributed by atoms with Crippen molar-refractivity contribution in [3.63, 3.8) is 0 Å². The van der Waals surface area contributed by atoms with Crippen molar-refractivity contribution >= 4 is 41.1 Å². The molecule has 0 amide bonds. The monoisotopic (exact) mass is 314 g/mol. The summed E-state index contributed by atoms with van der Waals surface area (Å²) in [5.41, 5.74) is 1.25. The van der Waals surface area contributed by atoms with E-state index in [2.05, 4.69) is 0 Å². The molecule has 0 unspecified atom stereocenters. The largest absolute Gasteiger partial charge is 0.487 e. The fourth-order valence-electron chi connectivity index (χ4n) is 1.56. The standard InChI is InChI=1S/C14H9Cl3O2/c15-11-3-1-9(2-4-11)8-19-14-10(7-18)5-12(16)6-13(14)17/h1-7H,8H2. The van der Waals surface area contributed by atoms with Gasteiger partial charge in [0.15, 0.2) is 6.29 Å². The summed E-state index contributed by atoms with van der Waals surface area (Å²) in [5.74, 6) is 0.330. The van der Waals surface area contributed by atoms with E-state index in [0.29, 0.717) is 39.3 Å². The fourth-order valence-corrected chi connectivity index (χ4v) is 2.25. The predicted octanol–water partition coefficient (Wildman–Crippen LogP) is 5.04. The average Bonchev–Trinajstić information content (AvgIpc) is 2.39. The van der Waals surface area contributed by atoms with Gasteiger partial charge >= 0.3 is 0 Å².